The predicted octanol–water partition coefficient (Wildman–Crippen LogP) is 3.87. The van der Waals surface area contributed by atoms with Crippen molar-refractivity contribution in [3.05, 3.63) is 30.1 Å². The Bertz CT molecular complexity index is 637. The number of pyridine rings is 1. The van der Waals surface area contributed by atoms with Crippen molar-refractivity contribution in [1.29, 1.82) is 0 Å². The van der Waals surface area contributed by atoms with Gasteiger partial charge in [-0.3, -0.25) is 4.98 Å². The highest BCUT2D eigenvalue weighted by molar-refractivity contribution is 5.69. The quantitative estimate of drug-likeness (QED) is 0.690. The van der Waals surface area contributed by atoms with Crippen LogP contribution in [0.1, 0.15) is 53.5 Å². The lowest BCUT2D eigenvalue weighted by molar-refractivity contribution is 0.00430. The van der Waals surface area contributed by atoms with Gasteiger partial charge in [0.05, 0.1) is 0 Å². The van der Waals surface area contributed by atoms with E-state index in [0.717, 1.165) is 32.7 Å². The molecule has 0 N–H and O–H groups in total. The second kappa shape index (κ2) is 9.90. The Morgan fingerprint density at radius 1 is 1.28 bits per heavy atom. The minimum absolute atomic E-state index is 0.225. The fourth-order valence-electron chi connectivity index (χ4n) is 3.83. The van der Waals surface area contributed by atoms with Gasteiger partial charge in [0, 0.05) is 50.7 Å². The van der Waals surface area contributed by atoms with Crippen molar-refractivity contribution in [2.75, 3.05) is 39.8 Å². The highest BCUT2D eigenvalue weighted by atomic mass is 16.6. The van der Waals surface area contributed by atoms with E-state index < -0.39 is 5.60 Å². The number of hydrogen-bond donors (Lipinski definition) is 0. The molecule has 0 unspecified atom stereocenters. The number of rotatable bonds is 7. The second-order valence-electron chi connectivity index (χ2n) is 10.3. The van der Waals surface area contributed by atoms with Crippen LogP contribution in [0.2, 0.25) is 0 Å². The maximum absolute atomic E-state index is 12.7. The third-order valence-electron chi connectivity index (χ3n) is 5.18. The molecule has 0 radical (unpaired) electrons. The molecular weight excluding hydrogens is 364 g/mol. The molecule has 6 heteroatoms. The Labute approximate surface area is 177 Å². The highest BCUT2D eigenvalue weighted by Crippen LogP contribution is 2.21. The molecular formula is C23H40N4O2. The van der Waals surface area contributed by atoms with Crippen molar-refractivity contribution in [3.8, 4) is 0 Å². The number of hydrogen-bond acceptors (Lipinski definition) is 5. The minimum atomic E-state index is -0.474. The van der Waals surface area contributed by atoms with E-state index in [1.54, 1.807) is 0 Å². The van der Waals surface area contributed by atoms with Crippen LogP contribution in [0.4, 0.5) is 4.79 Å². The summed E-state index contributed by atoms with van der Waals surface area (Å²) in [5, 5.41) is 0. The van der Waals surface area contributed by atoms with Crippen molar-refractivity contribution in [3.63, 3.8) is 0 Å². The molecule has 1 atom stereocenters. The maximum atomic E-state index is 12.7. The van der Waals surface area contributed by atoms with Gasteiger partial charge in [0.25, 0.3) is 0 Å². The number of ether oxygens (including phenoxy) is 1. The number of aromatic nitrogens is 1. The Morgan fingerprint density at radius 2 is 2.00 bits per heavy atom. The first-order valence-corrected chi connectivity index (χ1v) is 10.7. The van der Waals surface area contributed by atoms with Crippen LogP contribution in [0.25, 0.3) is 0 Å². The van der Waals surface area contributed by atoms with Crippen molar-refractivity contribution in [2.45, 2.75) is 65.6 Å². The number of nitrogens with zero attached hydrogens (tertiary/aromatic N) is 4. The van der Waals surface area contributed by atoms with Gasteiger partial charge in [0.15, 0.2) is 0 Å². The largest absolute Gasteiger partial charge is 0.444 e. The molecule has 1 amide bonds. The molecule has 0 aromatic carbocycles. The Hall–Kier alpha value is -1.66. The molecule has 1 aliphatic heterocycles. The van der Waals surface area contributed by atoms with Gasteiger partial charge in [-0.2, -0.15) is 0 Å². The number of amides is 1. The standard InChI is InChI=1S/C23H40N4O2/c1-22(2,3)27(21(28)29-23(4,5)6)14-13-26-12-10-20(18-26)17-25(7)16-19-9-8-11-24-15-19/h8-9,11,15,20H,10,12-14,16-18H2,1-7H3/t20-/m0/s1. The topological polar surface area (TPSA) is 48.9 Å². The summed E-state index contributed by atoms with van der Waals surface area (Å²) < 4.78 is 5.63. The van der Waals surface area contributed by atoms with Gasteiger partial charge in [0.1, 0.15) is 5.60 Å². The first kappa shape index (κ1) is 23.6. The van der Waals surface area contributed by atoms with Gasteiger partial charge in [-0.1, -0.05) is 6.07 Å². The monoisotopic (exact) mass is 404 g/mol. The van der Waals surface area contributed by atoms with E-state index in [0.29, 0.717) is 12.5 Å². The molecule has 1 aromatic rings. The molecule has 0 spiro atoms. The molecule has 2 heterocycles. The molecule has 29 heavy (non-hydrogen) atoms. The van der Waals surface area contributed by atoms with Crippen molar-refractivity contribution < 1.29 is 9.53 Å². The van der Waals surface area contributed by atoms with Crippen LogP contribution in [0.15, 0.2) is 24.5 Å². The summed E-state index contributed by atoms with van der Waals surface area (Å²) in [5.41, 5.74) is 0.520. The summed E-state index contributed by atoms with van der Waals surface area (Å²) in [5.74, 6) is 0.668. The molecule has 164 valence electrons. The highest BCUT2D eigenvalue weighted by Gasteiger charge is 2.32. The van der Waals surface area contributed by atoms with Gasteiger partial charge < -0.3 is 19.4 Å². The zero-order valence-electron chi connectivity index (χ0n) is 19.4. The van der Waals surface area contributed by atoms with Crippen LogP contribution in [-0.2, 0) is 11.3 Å². The van der Waals surface area contributed by atoms with E-state index in [-0.39, 0.29) is 11.6 Å². The molecule has 1 aliphatic rings. The second-order valence-corrected chi connectivity index (χ2v) is 10.3. The summed E-state index contributed by atoms with van der Waals surface area (Å²) in [6, 6.07) is 4.12. The van der Waals surface area contributed by atoms with Crippen LogP contribution in [-0.4, -0.2) is 76.7 Å². The zero-order chi connectivity index (χ0) is 21.7. The molecule has 1 saturated heterocycles. The van der Waals surface area contributed by atoms with E-state index in [9.17, 15) is 4.79 Å². The lowest BCUT2D eigenvalue weighted by Gasteiger charge is -2.37. The molecule has 6 nitrogen and oxygen atoms in total. The third kappa shape index (κ3) is 8.31. The molecule has 0 bridgehead atoms. The molecule has 1 aromatic heterocycles. The van der Waals surface area contributed by atoms with Crippen LogP contribution >= 0.6 is 0 Å². The maximum Gasteiger partial charge on any atom is 0.410 e. The predicted molar refractivity (Wildman–Crippen MR) is 118 cm³/mol. The smallest absolute Gasteiger partial charge is 0.410 e. The van der Waals surface area contributed by atoms with Crippen molar-refractivity contribution in [1.82, 2.24) is 19.7 Å². The number of carbonyl (C=O) groups excluding carboxylic acids is 1. The summed E-state index contributed by atoms with van der Waals surface area (Å²) in [4.78, 5) is 23.6. The average Bonchev–Trinajstić information content (AvgIpc) is 3.00. The lowest BCUT2D eigenvalue weighted by atomic mass is 10.1. The fourth-order valence-corrected chi connectivity index (χ4v) is 3.83. The van der Waals surface area contributed by atoms with E-state index in [1.165, 1.54) is 12.0 Å². The first-order chi connectivity index (χ1) is 13.4. The molecule has 0 aliphatic carbocycles. The van der Waals surface area contributed by atoms with Gasteiger partial charge in [0.2, 0.25) is 0 Å². The van der Waals surface area contributed by atoms with Crippen molar-refractivity contribution in [2.24, 2.45) is 5.92 Å². The Kier molecular flexibility index (Phi) is 8.06. The number of carbonyl (C=O) groups is 1. The van der Waals surface area contributed by atoms with Gasteiger partial charge in [-0.15, -0.1) is 0 Å². The SMILES string of the molecule is CN(Cc1cccnc1)C[C@@H]1CCN(CCN(C(=O)OC(C)(C)C)C(C)(C)C)C1. The van der Waals surface area contributed by atoms with Gasteiger partial charge in [-0.25, -0.2) is 4.79 Å². The van der Waals surface area contributed by atoms with Crippen LogP contribution < -0.4 is 0 Å². The first-order valence-electron chi connectivity index (χ1n) is 10.7. The molecule has 1 fully saturated rings. The van der Waals surface area contributed by atoms with Gasteiger partial charge in [-0.05, 0) is 79.1 Å². The number of likely N-dealkylation sites (tertiary alicyclic amines) is 1. The van der Waals surface area contributed by atoms with Crippen molar-refractivity contribution >= 4 is 6.09 Å². The average molecular weight is 405 g/mol. The van der Waals surface area contributed by atoms with E-state index in [2.05, 4.69) is 48.7 Å². The van der Waals surface area contributed by atoms with Crippen LogP contribution in [0.5, 0.6) is 0 Å². The third-order valence-corrected chi connectivity index (χ3v) is 5.18. The summed E-state index contributed by atoms with van der Waals surface area (Å²) in [7, 11) is 2.18. The fraction of sp³-hybridized carbons (Fsp3) is 0.739. The normalized spacial score (nSPS) is 18.3. The Balaban J connectivity index is 1.81. The van der Waals surface area contributed by atoms with Crippen LogP contribution in [0.3, 0.4) is 0 Å². The molecule has 0 saturated carbocycles. The zero-order valence-corrected chi connectivity index (χ0v) is 19.4. The Morgan fingerprint density at radius 3 is 2.59 bits per heavy atom. The summed E-state index contributed by atoms with van der Waals surface area (Å²) in [6.07, 6.45) is 4.74. The van der Waals surface area contributed by atoms with E-state index in [1.807, 2.05) is 44.1 Å². The van der Waals surface area contributed by atoms with Gasteiger partial charge >= 0.3 is 6.09 Å². The van der Waals surface area contributed by atoms with Crippen LogP contribution in [0, 0.1) is 5.92 Å². The summed E-state index contributed by atoms with van der Waals surface area (Å²) >= 11 is 0. The van der Waals surface area contributed by atoms with E-state index >= 15 is 0 Å². The summed E-state index contributed by atoms with van der Waals surface area (Å²) in [6.45, 7) is 17.7. The molecule has 2 rings (SSSR count). The van der Waals surface area contributed by atoms with E-state index in [4.69, 9.17) is 4.74 Å². The lowest BCUT2D eigenvalue weighted by Crippen LogP contribution is -2.50. The minimum Gasteiger partial charge on any atom is -0.444 e.